The molecule has 0 bridgehead atoms. The lowest BCUT2D eigenvalue weighted by Crippen LogP contribution is -2.40. The number of hydrogen-bond acceptors (Lipinski definition) is 4. The third-order valence-corrected chi connectivity index (χ3v) is 3.13. The van der Waals surface area contributed by atoms with Gasteiger partial charge in [0.25, 0.3) is 5.91 Å². The molecule has 1 amide bonds. The molecule has 104 valence electrons. The van der Waals surface area contributed by atoms with Crippen LogP contribution in [0.2, 0.25) is 0 Å². The number of para-hydroxylation sites is 1. The summed E-state index contributed by atoms with van der Waals surface area (Å²) in [5, 5.41) is 2.85. The molecule has 0 aliphatic carbocycles. The zero-order valence-corrected chi connectivity index (χ0v) is 11.1. The maximum Gasteiger partial charge on any atom is 0.261 e. The smallest absolute Gasteiger partial charge is 0.261 e. The highest BCUT2D eigenvalue weighted by atomic mass is 16.5. The second-order valence-corrected chi connectivity index (χ2v) is 4.71. The summed E-state index contributed by atoms with van der Waals surface area (Å²) in [6, 6.07) is 7.68. The van der Waals surface area contributed by atoms with Crippen LogP contribution in [-0.2, 0) is 16.0 Å². The van der Waals surface area contributed by atoms with Gasteiger partial charge in [-0.05, 0) is 18.1 Å². The van der Waals surface area contributed by atoms with E-state index in [1.807, 2.05) is 24.3 Å². The molecule has 1 aromatic carbocycles. The minimum absolute atomic E-state index is 0.0491. The van der Waals surface area contributed by atoms with Crippen molar-refractivity contribution in [1.82, 2.24) is 5.32 Å². The Kier molecular flexibility index (Phi) is 4.76. The van der Waals surface area contributed by atoms with E-state index in [1.54, 1.807) is 7.11 Å². The number of ether oxygens (including phenoxy) is 2. The number of nitrogens with one attached hydrogen (secondary N) is 1. The van der Waals surface area contributed by atoms with E-state index in [0.717, 1.165) is 11.3 Å². The van der Waals surface area contributed by atoms with Gasteiger partial charge in [0, 0.05) is 26.1 Å². The van der Waals surface area contributed by atoms with Crippen LogP contribution in [0.4, 0.5) is 0 Å². The van der Waals surface area contributed by atoms with E-state index in [-0.39, 0.29) is 11.9 Å². The van der Waals surface area contributed by atoms with Gasteiger partial charge in [0.15, 0.2) is 6.10 Å². The van der Waals surface area contributed by atoms with Crippen LogP contribution in [0.5, 0.6) is 5.75 Å². The Labute approximate surface area is 113 Å². The molecule has 0 spiro atoms. The quantitative estimate of drug-likeness (QED) is 0.783. The summed E-state index contributed by atoms with van der Waals surface area (Å²) in [6.45, 7) is 1.04. The lowest BCUT2D eigenvalue weighted by Gasteiger charge is -2.13. The first kappa shape index (κ1) is 13.8. The van der Waals surface area contributed by atoms with Crippen molar-refractivity contribution in [3.05, 3.63) is 29.8 Å². The third-order valence-electron chi connectivity index (χ3n) is 3.13. The summed E-state index contributed by atoms with van der Waals surface area (Å²) in [5.41, 5.74) is 6.87. The molecule has 0 saturated carbocycles. The Morgan fingerprint density at radius 3 is 3.11 bits per heavy atom. The fourth-order valence-corrected chi connectivity index (χ4v) is 2.12. The van der Waals surface area contributed by atoms with Crippen LogP contribution in [0.3, 0.4) is 0 Å². The molecule has 2 atom stereocenters. The average Bonchev–Trinajstić information content (AvgIpc) is 2.82. The normalized spacial score (nSPS) is 18.5. The maximum atomic E-state index is 11.9. The predicted molar refractivity (Wildman–Crippen MR) is 72.0 cm³/mol. The minimum Gasteiger partial charge on any atom is -0.480 e. The van der Waals surface area contributed by atoms with Crippen molar-refractivity contribution in [3.8, 4) is 5.75 Å². The molecule has 0 radical (unpaired) electrons. The van der Waals surface area contributed by atoms with Gasteiger partial charge in [0.1, 0.15) is 5.75 Å². The van der Waals surface area contributed by atoms with Crippen LogP contribution in [0.1, 0.15) is 12.0 Å². The van der Waals surface area contributed by atoms with Crippen molar-refractivity contribution in [3.63, 3.8) is 0 Å². The molecule has 1 aliphatic rings. The van der Waals surface area contributed by atoms with Gasteiger partial charge in [-0.25, -0.2) is 0 Å². The number of carbonyl (C=O) groups is 1. The zero-order chi connectivity index (χ0) is 13.7. The van der Waals surface area contributed by atoms with Crippen molar-refractivity contribution >= 4 is 5.91 Å². The Hall–Kier alpha value is -1.59. The minimum atomic E-state index is -0.420. The number of amides is 1. The van der Waals surface area contributed by atoms with Crippen molar-refractivity contribution in [2.45, 2.75) is 25.0 Å². The van der Waals surface area contributed by atoms with Crippen molar-refractivity contribution < 1.29 is 14.3 Å². The van der Waals surface area contributed by atoms with Gasteiger partial charge in [0.2, 0.25) is 0 Å². The number of rotatable bonds is 6. The number of nitrogens with two attached hydrogens (primary N) is 1. The summed E-state index contributed by atoms with van der Waals surface area (Å²) < 4.78 is 10.5. The van der Waals surface area contributed by atoms with E-state index < -0.39 is 6.10 Å². The first-order valence-electron chi connectivity index (χ1n) is 6.47. The van der Waals surface area contributed by atoms with Gasteiger partial charge in [-0.3, -0.25) is 4.79 Å². The first-order valence-corrected chi connectivity index (χ1v) is 6.47. The molecule has 1 aliphatic heterocycles. The van der Waals surface area contributed by atoms with Crippen LogP contribution in [0.25, 0.3) is 0 Å². The Morgan fingerprint density at radius 2 is 2.37 bits per heavy atom. The molecule has 2 unspecified atom stereocenters. The lowest BCUT2D eigenvalue weighted by atomic mass is 10.1. The average molecular weight is 264 g/mol. The van der Waals surface area contributed by atoms with Gasteiger partial charge in [-0.2, -0.15) is 0 Å². The molecule has 1 aromatic rings. The van der Waals surface area contributed by atoms with Crippen LogP contribution >= 0.6 is 0 Å². The van der Waals surface area contributed by atoms with Crippen LogP contribution < -0.4 is 15.8 Å². The fourth-order valence-electron chi connectivity index (χ4n) is 2.12. The monoisotopic (exact) mass is 264 g/mol. The third kappa shape index (κ3) is 3.68. The van der Waals surface area contributed by atoms with Gasteiger partial charge in [-0.15, -0.1) is 0 Å². The largest absolute Gasteiger partial charge is 0.480 e. The van der Waals surface area contributed by atoms with Gasteiger partial charge in [0.05, 0.1) is 6.61 Å². The van der Waals surface area contributed by atoms with Crippen LogP contribution in [0, 0.1) is 0 Å². The van der Waals surface area contributed by atoms with E-state index in [0.29, 0.717) is 26.0 Å². The maximum absolute atomic E-state index is 11.9. The highest BCUT2D eigenvalue weighted by Crippen LogP contribution is 2.27. The summed E-state index contributed by atoms with van der Waals surface area (Å²) in [7, 11) is 1.61. The standard InChI is InChI=1S/C14H20N2O3/c1-18-9-11(15)6-7-16-14(17)13-8-10-4-2-3-5-12(10)19-13/h2-5,11,13H,6-9,15H2,1H3,(H,16,17). The molecule has 0 fully saturated rings. The van der Waals surface area contributed by atoms with E-state index in [1.165, 1.54) is 0 Å². The van der Waals surface area contributed by atoms with Crippen LogP contribution in [-0.4, -0.2) is 38.3 Å². The summed E-state index contributed by atoms with van der Waals surface area (Å²) in [5.74, 6) is 0.722. The van der Waals surface area contributed by atoms with Gasteiger partial charge in [-0.1, -0.05) is 18.2 Å². The topological polar surface area (TPSA) is 73.6 Å². The summed E-state index contributed by atoms with van der Waals surface area (Å²) in [6.07, 6.45) is 0.904. The van der Waals surface area contributed by atoms with E-state index >= 15 is 0 Å². The molecular weight excluding hydrogens is 244 g/mol. The van der Waals surface area contributed by atoms with Crippen molar-refractivity contribution in [2.75, 3.05) is 20.3 Å². The summed E-state index contributed by atoms with van der Waals surface area (Å²) >= 11 is 0. The molecule has 2 rings (SSSR count). The number of carbonyl (C=O) groups excluding carboxylic acids is 1. The molecule has 1 heterocycles. The van der Waals surface area contributed by atoms with Crippen LogP contribution in [0.15, 0.2) is 24.3 Å². The highest BCUT2D eigenvalue weighted by molar-refractivity contribution is 5.82. The van der Waals surface area contributed by atoms with Crippen molar-refractivity contribution in [1.29, 1.82) is 0 Å². The van der Waals surface area contributed by atoms with Crippen molar-refractivity contribution in [2.24, 2.45) is 5.73 Å². The fraction of sp³-hybridized carbons (Fsp3) is 0.500. The van der Waals surface area contributed by atoms with E-state index in [9.17, 15) is 4.79 Å². The van der Waals surface area contributed by atoms with E-state index in [2.05, 4.69) is 5.32 Å². The number of benzene rings is 1. The predicted octanol–water partition coefficient (Wildman–Crippen LogP) is 0.470. The molecule has 19 heavy (non-hydrogen) atoms. The van der Waals surface area contributed by atoms with E-state index in [4.69, 9.17) is 15.2 Å². The SMILES string of the molecule is COCC(N)CCNC(=O)C1Cc2ccccc2O1. The Morgan fingerprint density at radius 1 is 1.58 bits per heavy atom. The Bertz CT molecular complexity index is 411. The number of methoxy groups -OCH3 is 1. The number of fused-ring (bicyclic) bond motifs is 1. The summed E-state index contributed by atoms with van der Waals surface area (Å²) in [4.78, 5) is 11.9. The molecule has 5 nitrogen and oxygen atoms in total. The zero-order valence-electron chi connectivity index (χ0n) is 11.1. The molecule has 0 saturated heterocycles. The first-order chi connectivity index (χ1) is 9.20. The molecule has 3 N–H and O–H groups in total. The second-order valence-electron chi connectivity index (χ2n) is 4.71. The molecular formula is C14H20N2O3. The van der Waals surface area contributed by atoms with Gasteiger partial charge < -0.3 is 20.5 Å². The second kappa shape index (κ2) is 6.54. The van der Waals surface area contributed by atoms with Gasteiger partial charge >= 0.3 is 0 Å². The lowest BCUT2D eigenvalue weighted by molar-refractivity contribution is -0.127. The Balaban J connectivity index is 1.74. The highest BCUT2D eigenvalue weighted by Gasteiger charge is 2.28. The number of hydrogen-bond donors (Lipinski definition) is 2. The molecule has 0 aromatic heterocycles. The molecule has 5 heteroatoms.